The maximum atomic E-state index is 11.4. The maximum absolute atomic E-state index is 11.4. The molecule has 0 aliphatic rings. The lowest BCUT2D eigenvalue weighted by atomic mass is 9.88. The fraction of sp³-hybridized carbons (Fsp3) is 0.774. The molecule has 2 N–H and O–H groups in total. The standard InChI is InChI=1S/C31H54O3/c1-4-5-6-7-8-9-10-11-12-13-14-15-16-17-18-19-20-21-22-28(25-30(32)33)29-23-26(2)31(34)27(3)24-29/h23-24,28,34H,4-22,25H2,1-3H3,(H,32,33). The van der Waals surface area contributed by atoms with Crippen LogP contribution < -0.4 is 0 Å². The van der Waals surface area contributed by atoms with Crippen LogP contribution in [0.5, 0.6) is 5.75 Å². The van der Waals surface area contributed by atoms with Crippen LogP contribution in [0, 0.1) is 13.8 Å². The third-order valence-electron chi connectivity index (χ3n) is 7.31. The minimum atomic E-state index is -0.740. The molecule has 0 radical (unpaired) electrons. The number of phenolic OH excluding ortho intramolecular Hbond substituents is 1. The number of rotatable bonds is 22. The highest BCUT2D eigenvalue weighted by Crippen LogP contribution is 2.32. The minimum Gasteiger partial charge on any atom is -0.507 e. The lowest BCUT2D eigenvalue weighted by Crippen LogP contribution is -2.07. The van der Waals surface area contributed by atoms with Crippen molar-refractivity contribution in [1.29, 1.82) is 0 Å². The SMILES string of the molecule is CCCCCCCCCCCCCCCCCCCCC(CC(=O)O)c1cc(C)c(O)c(C)c1. The van der Waals surface area contributed by atoms with Crippen molar-refractivity contribution in [2.45, 2.75) is 155 Å². The number of aliphatic carboxylic acids is 1. The molecular weight excluding hydrogens is 420 g/mol. The summed E-state index contributed by atoms with van der Waals surface area (Å²) in [6.07, 6.45) is 25.6. The lowest BCUT2D eigenvalue weighted by Gasteiger charge is -2.17. The van der Waals surface area contributed by atoms with Crippen LogP contribution in [-0.4, -0.2) is 16.2 Å². The van der Waals surface area contributed by atoms with Gasteiger partial charge < -0.3 is 10.2 Å². The van der Waals surface area contributed by atoms with E-state index in [2.05, 4.69) is 6.92 Å². The first-order valence-electron chi connectivity index (χ1n) is 14.5. The summed E-state index contributed by atoms with van der Waals surface area (Å²) < 4.78 is 0. The van der Waals surface area contributed by atoms with Gasteiger partial charge in [-0.25, -0.2) is 0 Å². The highest BCUT2D eigenvalue weighted by Gasteiger charge is 2.17. The van der Waals surface area contributed by atoms with Crippen molar-refractivity contribution in [3.8, 4) is 5.75 Å². The van der Waals surface area contributed by atoms with E-state index in [0.717, 1.165) is 29.5 Å². The smallest absolute Gasteiger partial charge is 0.303 e. The third kappa shape index (κ3) is 14.7. The van der Waals surface area contributed by atoms with Crippen LogP contribution in [0.25, 0.3) is 0 Å². The Labute approximate surface area is 210 Å². The summed E-state index contributed by atoms with van der Waals surface area (Å²) >= 11 is 0. The van der Waals surface area contributed by atoms with Crippen LogP contribution in [0.15, 0.2) is 12.1 Å². The monoisotopic (exact) mass is 474 g/mol. The van der Waals surface area contributed by atoms with Gasteiger partial charge in [0, 0.05) is 0 Å². The van der Waals surface area contributed by atoms with Crippen LogP contribution in [0.1, 0.15) is 158 Å². The molecule has 1 unspecified atom stereocenters. The van der Waals surface area contributed by atoms with Gasteiger partial charge in [0.15, 0.2) is 0 Å². The maximum Gasteiger partial charge on any atom is 0.303 e. The van der Waals surface area contributed by atoms with E-state index >= 15 is 0 Å². The molecule has 0 saturated heterocycles. The quantitative estimate of drug-likeness (QED) is 0.164. The number of aryl methyl sites for hydroxylation is 2. The molecule has 0 spiro atoms. The summed E-state index contributed by atoms with van der Waals surface area (Å²) in [6, 6.07) is 3.93. The number of hydrogen-bond acceptors (Lipinski definition) is 2. The number of carbonyl (C=O) groups is 1. The van der Waals surface area contributed by atoms with Gasteiger partial charge in [0.2, 0.25) is 0 Å². The van der Waals surface area contributed by atoms with E-state index < -0.39 is 5.97 Å². The van der Waals surface area contributed by atoms with Crippen LogP contribution in [0.3, 0.4) is 0 Å². The van der Waals surface area contributed by atoms with Crippen molar-refractivity contribution < 1.29 is 15.0 Å². The fourth-order valence-corrected chi connectivity index (χ4v) is 5.11. The molecule has 34 heavy (non-hydrogen) atoms. The first-order chi connectivity index (χ1) is 16.5. The van der Waals surface area contributed by atoms with Crippen LogP contribution in [-0.2, 0) is 4.79 Å². The number of hydrogen-bond donors (Lipinski definition) is 2. The molecule has 0 heterocycles. The average molecular weight is 475 g/mol. The Morgan fingerprint density at radius 3 is 1.38 bits per heavy atom. The predicted molar refractivity (Wildman–Crippen MR) is 146 cm³/mol. The van der Waals surface area contributed by atoms with E-state index in [-0.39, 0.29) is 12.3 Å². The van der Waals surface area contributed by atoms with Gasteiger partial charge in [-0.1, -0.05) is 135 Å². The van der Waals surface area contributed by atoms with Crippen molar-refractivity contribution in [2.75, 3.05) is 0 Å². The number of phenols is 1. The Morgan fingerprint density at radius 1 is 0.676 bits per heavy atom. The first kappa shape index (κ1) is 30.5. The normalized spacial score (nSPS) is 12.2. The highest BCUT2D eigenvalue weighted by molar-refractivity contribution is 5.68. The summed E-state index contributed by atoms with van der Waals surface area (Å²) in [5.41, 5.74) is 2.73. The fourth-order valence-electron chi connectivity index (χ4n) is 5.11. The Hall–Kier alpha value is -1.51. The zero-order chi connectivity index (χ0) is 25.0. The summed E-state index contributed by atoms with van der Waals surface area (Å²) in [7, 11) is 0. The molecule has 3 heteroatoms. The van der Waals surface area contributed by atoms with Crippen molar-refractivity contribution in [2.24, 2.45) is 0 Å². The zero-order valence-electron chi connectivity index (χ0n) is 22.7. The van der Waals surface area contributed by atoms with Crippen LogP contribution in [0.2, 0.25) is 0 Å². The summed E-state index contributed by atoms with van der Waals surface area (Å²) in [5.74, 6) is -0.377. The minimum absolute atomic E-state index is 0.0385. The molecule has 0 bridgehead atoms. The van der Waals surface area contributed by atoms with Gasteiger partial charge in [0.1, 0.15) is 5.75 Å². The van der Waals surface area contributed by atoms with Gasteiger partial charge in [0.25, 0.3) is 0 Å². The highest BCUT2D eigenvalue weighted by atomic mass is 16.4. The van der Waals surface area contributed by atoms with Gasteiger partial charge in [-0.15, -0.1) is 0 Å². The summed E-state index contributed by atoms with van der Waals surface area (Å²) in [5, 5.41) is 19.4. The van der Waals surface area contributed by atoms with Gasteiger partial charge >= 0.3 is 5.97 Å². The Balaban J connectivity index is 2.02. The van der Waals surface area contributed by atoms with Gasteiger partial charge in [-0.05, 0) is 42.9 Å². The van der Waals surface area contributed by atoms with Crippen molar-refractivity contribution in [3.05, 3.63) is 28.8 Å². The molecule has 3 nitrogen and oxygen atoms in total. The van der Waals surface area contributed by atoms with E-state index in [9.17, 15) is 15.0 Å². The average Bonchev–Trinajstić information content (AvgIpc) is 2.80. The molecule has 0 aromatic heterocycles. The molecule has 196 valence electrons. The van der Waals surface area contributed by atoms with Crippen LogP contribution in [0.4, 0.5) is 0 Å². The number of benzene rings is 1. The molecular formula is C31H54O3. The van der Waals surface area contributed by atoms with E-state index in [1.54, 1.807) is 0 Å². The number of carboxylic acid groups (broad SMARTS) is 1. The predicted octanol–water partition coefficient (Wildman–Crippen LogP) is 10.00. The molecule has 0 aliphatic carbocycles. The van der Waals surface area contributed by atoms with Crippen molar-refractivity contribution in [3.63, 3.8) is 0 Å². The third-order valence-corrected chi connectivity index (χ3v) is 7.31. The molecule has 1 rings (SSSR count). The zero-order valence-corrected chi connectivity index (χ0v) is 22.7. The molecule has 1 aromatic carbocycles. The second kappa shape index (κ2) is 19.8. The van der Waals surface area contributed by atoms with E-state index in [1.807, 2.05) is 26.0 Å². The number of carboxylic acids is 1. The summed E-state index contributed by atoms with van der Waals surface area (Å²) in [4.78, 5) is 11.4. The molecule has 0 amide bonds. The molecule has 1 atom stereocenters. The van der Waals surface area contributed by atoms with E-state index in [1.165, 1.54) is 109 Å². The summed E-state index contributed by atoms with van der Waals surface area (Å²) in [6.45, 7) is 6.06. The second-order valence-corrected chi connectivity index (χ2v) is 10.6. The van der Waals surface area contributed by atoms with E-state index in [0.29, 0.717) is 5.75 Å². The van der Waals surface area contributed by atoms with Crippen molar-refractivity contribution in [1.82, 2.24) is 0 Å². The topological polar surface area (TPSA) is 57.5 Å². The van der Waals surface area contributed by atoms with Crippen LogP contribution >= 0.6 is 0 Å². The van der Waals surface area contributed by atoms with Gasteiger partial charge in [-0.2, -0.15) is 0 Å². The van der Waals surface area contributed by atoms with Crippen molar-refractivity contribution >= 4 is 5.97 Å². The number of unbranched alkanes of at least 4 members (excludes halogenated alkanes) is 17. The number of aromatic hydroxyl groups is 1. The van der Waals surface area contributed by atoms with Gasteiger partial charge in [0.05, 0.1) is 6.42 Å². The Morgan fingerprint density at radius 2 is 1.03 bits per heavy atom. The molecule has 0 saturated carbocycles. The second-order valence-electron chi connectivity index (χ2n) is 10.6. The largest absolute Gasteiger partial charge is 0.507 e. The molecule has 1 aromatic rings. The molecule has 0 fully saturated rings. The lowest BCUT2D eigenvalue weighted by molar-refractivity contribution is -0.137. The molecule has 0 aliphatic heterocycles. The van der Waals surface area contributed by atoms with E-state index in [4.69, 9.17) is 0 Å². The van der Waals surface area contributed by atoms with Gasteiger partial charge in [-0.3, -0.25) is 4.79 Å². The Kier molecular flexibility index (Phi) is 17.7. The Bertz CT molecular complexity index is 629. The first-order valence-corrected chi connectivity index (χ1v) is 14.5.